The van der Waals surface area contributed by atoms with Crippen molar-refractivity contribution in [3.8, 4) is 5.75 Å². The summed E-state index contributed by atoms with van der Waals surface area (Å²) in [5, 5.41) is 6.22. The zero-order chi connectivity index (χ0) is 12.8. The first kappa shape index (κ1) is 12.9. The molecule has 1 heterocycles. The van der Waals surface area contributed by atoms with E-state index < -0.39 is 0 Å². The highest BCUT2D eigenvalue weighted by Crippen LogP contribution is 2.23. The van der Waals surface area contributed by atoms with Crippen LogP contribution < -0.4 is 15.4 Å². The van der Waals surface area contributed by atoms with Gasteiger partial charge in [0, 0.05) is 0 Å². The Morgan fingerprint density at radius 1 is 1.33 bits per heavy atom. The highest BCUT2D eigenvalue weighted by Gasteiger charge is 2.20. The van der Waals surface area contributed by atoms with Crippen LogP contribution in [-0.4, -0.2) is 25.6 Å². The first-order valence-corrected chi connectivity index (χ1v) is 6.48. The van der Waals surface area contributed by atoms with Crippen LogP contribution in [0, 0.1) is 0 Å². The number of carbonyl (C=O) groups is 1. The van der Waals surface area contributed by atoms with Gasteiger partial charge in [0.05, 0.1) is 18.8 Å². The Morgan fingerprint density at radius 3 is 3.00 bits per heavy atom. The molecule has 98 valence electrons. The van der Waals surface area contributed by atoms with Crippen molar-refractivity contribution in [2.75, 3.05) is 19.0 Å². The van der Waals surface area contributed by atoms with Crippen LogP contribution >= 0.6 is 0 Å². The maximum absolute atomic E-state index is 12.2. The van der Waals surface area contributed by atoms with E-state index in [9.17, 15) is 4.79 Å². The van der Waals surface area contributed by atoms with Crippen molar-refractivity contribution in [2.24, 2.45) is 0 Å². The van der Waals surface area contributed by atoms with Gasteiger partial charge in [-0.25, -0.2) is 0 Å². The average Bonchev–Trinajstić information content (AvgIpc) is 2.68. The molecule has 1 atom stereocenters. The molecule has 1 aliphatic heterocycles. The Kier molecular flexibility index (Phi) is 4.59. The Morgan fingerprint density at radius 2 is 2.17 bits per heavy atom. The summed E-state index contributed by atoms with van der Waals surface area (Å²) in [6, 6.07) is 7.39. The maximum atomic E-state index is 12.2. The van der Waals surface area contributed by atoms with Crippen LogP contribution in [0.2, 0.25) is 0 Å². The molecule has 1 aromatic rings. The number of ether oxygens (including phenoxy) is 1. The van der Waals surface area contributed by atoms with Gasteiger partial charge in [-0.2, -0.15) is 0 Å². The van der Waals surface area contributed by atoms with E-state index in [-0.39, 0.29) is 11.9 Å². The summed E-state index contributed by atoms with van der Waals surface area (Å²) >= 11 is 0. The zero-order valence-electron chi connectivity index (χ0n) is 10.7. The highest BCUT2D eigenvalue weighted by atomic mass is 16.5. The summed E-state index contributed by atoms with van der Waals surface area (Å²) in [7, 11) is 1.61. The van der Waals surface area contributed by atoms with Gasteiger partial charge in [0.2, 0.25) is 5.91 Å². The molecule has 0 aromatic heterocycles. The SMILES string of the molecule is COc1ccccc1NC(=O)C1CCCCCN1. The fraction of sp³-hybridized carbons (Fsp3) is 0.500. The third-order valence-electron chi connectivity index (χ3n) is 3.24. The Bertz CT molecular complexity index is 399. The molecule has 4 nitrogen and oxygen atoms in total. The smallest absolute Gasteiger partial charge is 0.241 e. The number of amides is 1. The molecule has 0 aliphatic carbocycles. The van der Waals surface area contributed by atoms with Crippen molar-refractivity contribution in [1.29, 1.82) is 0 Å². The van der Waals surface area contributed by atoms with Crippen LogP contribution in [-0.2, 0) is 4.79 Å². The van der Waals surface area contributed by atoms with Gasteiger partial charge in [-0.15, -0.1) is 0 Å². The second-order valence-electron chi connectivity index (χ2n) is 4.55. The predicted molar refractivity (Wildman–Crippen MR) is 71.9 cm³/mol. The molecule has 1 aromatic carbocycles. The van der Waals surface area contributed by atoms with Crippen molar-refractivity contribution in [2.45, 2.75) is 31.7 Å². The number of rotatable bonds is 3. The molecule has 1 aliphatic rings. The highest BCUT2D eigenvalue weighted by molar-refractivity contribution is 5.96. The molecule has 4 heteroatoms. The second kappa shape index (κ2) is 6.40. The number of carbonyl (C=O) groups excluding carboxylic acids is 1. The van der Waals surface area contributed by atoms with Gasteiger partial charge in [0.25, 0.3) is 0 Å². The lowest BCUT2D eigenvalue weighted by Gasteiger charge is -2.16. The Hall–Kier alpha value is -1.55. The Balaban J connectivity index is 2.01. The summed E-state index contributed by atoms with van der Waals surface area (Å²) in [6.45, 7) is 0.921. The summed E-state index contributed by atoms with van der Waals surface area (Å²) in [4.78, 5) is 12.2. The summed E-state index contributed by atoms with van der Waals surface area (Å²) in [5.41, 5.74) is 0.732. The third kappa shape index (κ3) is 3.23. The normalized spacial score (nSPS) is 19.9. The lowest BCUT2D eigenvalue weighted by atomic mass is 10.1. The molecule has 1 unspecified atom stereocenters. The van der Waals surface area contributed by atoms with E-state index in [2.05, 4.69) is 10.6 Å². The molecule has 1 saturated heterocycles. The fourth-order valence-corrected chi connectivity index (χ4v) is 2.22. The number of methoxy groups -OCH3 is 1. The third-order valence-corrected chi connectivity index (χ3v) is 3.24. The molecule has 0 spiro atoms. The van der Waals surface area contributed by atoms with E-state index >= 15 is 0 Å². The van der Waals surface area contributed by atoms with Crippen molar-refractivity contribution in [3.63, 3.8) is 0 Å². The van der Waals surface area contributed by atoms with Crippen LogP contribution in [0.1, 0.15) is 25.7 Å². The van der Waals surface area contributed by atoms with Crippen molar-refractivity contribution >= 4 is 11.6 Å². The monoisotopic (exact) mass is 248 g/mol. The first-order valence-electron chi connectivity index (χ1n) is 6.48. The van der Waals surface area contributed by atoms with Crippen LogP contribution in [0.4, 0.5) is 5.69 Å². The number of nitrogens with one attached hydrogen (secondary N) is 2. The van der Waals surface area contributed by atoms with E-state index in [0.29, 0.717) is 5.75 Å². The molecule has 0 radical (unpaired) electrons. The number of benzene rings is 1. The molecule has 0 bridgehead atoms. The number of para-hydroxylation sites is 2. The quantitative estimate of drug-likeness (QED) is 0.862. The molecule has 1 fully saturated rings. The summed E-state index contributed by atoms with van der Waals surface area (Å²) in [6.07, 6.45) is 4.36. The molecular formula is C14H20N2O2. The molecular weight excluding hydrogens is 228 g/mol. The molecule has 1 amide bonds. The van der Waals surface area contributed by atoms with E-state index in [1.165, 1.54) is 6.42 Å². The lowest BCUT2D eigenvalue weighted by Crippen LogP contribution is -2.39. The number of hydrogen-bond donors (Lipinski definition) is 2. The van der Waals surface area contributed by atoms with Gasteiger partial charge >= 0.3 is 0 Å². The summed E-state index contributed by atoms with van der Waals surface area (Å²) in [5.74, 6) is 0.723. The van der Waals surface area contributed by atoms with Gasteiger partial charge < -0.3 is 15.4 Å². The van der Waals surface area contributed by atoms with Crippen LogP contribution in [0.3, 0.4) is 0 Å². The Labute approximate surface area is 108 Å². The van der Waals surface area contributed by atoms with Crippen LogP contribution in [0.25, 0.3) is 0 Å². The van der Waals surface area contributed by atoms with E-state index in [4.69, 9.17) is 4.74 Å². The minimum Gasteiger partial charge on any atom is -0.495 e. The number of anilines is 1. The molecule has 2 N–H and O–H groups in total. The lowest BCUT2D eigenvalue weighted by molar-refractivity contribution is -0.118. The fourth-order valence-electron chi connectivity index (χ4n) is 2.22. The minimum atomic E-state index is -0.0857. The van der Waals surface area contributed by atoms with Gasteiger partial charge in [-0.1, -0.05) is 25.0 Å². The molecule has 2 rings (SSSR count). The number of hydrogen-bond acceptors (Lipinski definition) is 3. The van der Waals surface area contributed by atoms with Crippen molar-refractivity contribution in [3.05, 3.63) is 24.3 Å². The van der Waals surface area contributed by atoms with E-state index in [1.807, 2.05) is 24.3 Å². The largest absolute Gasteiger partial charge is 0.495 e. The minimum absolute atomic E-state index is 0.0291. The van der Waals surface area contributed by atoms with E-state index in [1.54, 1.807) is 7.11 Å². The zero-order valence-corrected chi connectivity index (χ0v) is 10.7. The van der Waals surface area contributed by atoms with Gasteiger partial charge in [0.15, 0.2) is 0 Å². The van der Waals surface area contributed by atoms with E-state index in [0.717, 1.165) is 31.5 Å². The van der Waals surface area contributed by atoms with Crippen molar-refractivity contribution in [1.82, 2.24) is 5.32 Å². The standard InChI is InChI=1S/C14H20N2O2/c1-18-13-9-5-4-7-11(13)16-14(17)12-8-3-2-6-10-15-12/h4-5,7,9,12,15H,2-3,6,8,10H2,1H3,(H,16,17). The topological polar surface area (TPSA) is 50.4 Å². The van der Waals surface area contributed by atoms with Crippen molar-refractivity contribution < 1.29 is 9.53 Å². The molecule has 18 heavy (non-hydrogen) atoms. The van der Waals surface area contributed by atoms with Gasteiger partial charge in [-0.3, -0.25) is 4.79 Å². The summed E-state index contributed by atoms with van der Waals surface area (Å²) < 4.78 is 5.22. The van der Waals surface area contributed by atoms with Gasteiger partial charge in [0.1, 0.15) is 5.75 Å². The van der Waals surface area contributed by atoms with Gasteiger partial charge in [-0.05, 0) is 31.5 Å². The molecule has 0 saturated carbocycles. The van der Waals surface area contributed by atoms with Crippen LogP contribution in [0.15, 0.2) is 24.3 Å². The predicted octanol–water partition coefficient (Wildman–Crippen LogP) is 2.17. The first-order chi connectivity index (χ1) is 8.81. The second-order valence-corrected chi connectivity index (χ2v) is 4.55. The average molecular weight is 248 g/mol. The maximum Gasteiger partial charge on any atom is 0.241 e. The van der Waals surface area contributed by atoms with Crippen LogP contribution in [0.5, 0.6) is 5.75 Å².